The van der Waals surface area contributed by atoms with E-state index < -0.39 is 4.70 Å². The molecule has 0 aromatic carbocycles. The molecule has 1 rings (SSSR count). The van der Waals surface area contributed by atoms with E-state index >= 15 is 0 Å². The van der Waals surface area contributed by atoms with E-state index in [1.54, 1.807) is 6.08 Å². The highest BCUT2D eigenvalue weighted by Gasteiger charge is 1.95. The van der Waals surface area contributed by atoms with E-state index in [2.05, 4.69) is 23.2 Å². The topological polar surface area (TPSA) is 37.3 Å². The lowest BCUT2D eigenvalue weighted by atomic mass is 10.1. The summed E-state index contributed by atoms with van der Waals surface area (Å²) < 4.78 is -0.889. The predicted octanol–water partition coefficient (Wildman–Crippen LogP) is 2.45. The molecule has 1 aliphatic rings. The molecule has 0 radical (unpaired) electrons. The van der Waals surface area contributed by atoms with E-state index in [0.717, 1.165) is 6.42 Å². The number of carbonyl (C=O) groups excluding carboxylic acids is 1. The Morgan fingerprint density at radius 2 is 2.00 bits per heavy atom. The van der Waals surface area contributed by atoms with Crippen molar-refractivity contribution in [1.29, 1.82) is 0 Å². The molecule has 0 amide bonds. The van der Waals surface area contributed by atoms with Gasteiger partial charge in [-0.05, 0) is 29.6 Å². The van der Waals surface area contributed by atoms with Gasteiger partial charge in [0.05, 0.1) is 6.10 Å². The molecule has 0 heterocycles. The highest BCUT2D eigenvalue weighted by molar-refractivity contribution is 6.93. The van der Waals surface area contributed by atoms with E-state index in [1.165, 1.54) is 0 Å². The number of halogens is 2. The van der Waals surface area contributed by atoms with Crippen LogP contribution in [0.15, 0.2) is 24.3 Å². The van der Waals surface area contributed by atoms with E-state index in [0.29, 0.717) is 0 Å². The van der Waals surface area contributed by atoms with Crippen LogP contribution in [0.3, 0.4) is 0 Å². The zero-order valence-corrected chi connectivity index (χ0v) is 7.22. The molecule has 11 heavy (non-hydrogen) atoms. The molecule has 0 spiro atoms. The van der Waals surface area contributed by atoms with Gasteiger partial charge in [-0.3, -0.25) is 4.79 Å². The van der Waals surface area contributed by atoms with Gasteiger partial charge in [0.1, 0.15) is 0 Å². The summed E-state index contributed by atoms with van der Waals surface area (Å²) in [6.45, 7) is 0. The Morgan fingerprint density at radius 1 is 1.45 bits per heavy atom. The van der Waals surface area contributed by atoms with Crippen LogP contribution in [0.2, 0.25) is 0 Å². The average Bonchev–Trinajstić information content (AvgIpc) is 1.87. The number of hydrogen-bond donors (Lipinski definition) is 1. The monoisotopic (exact) mass is 194 g/mol. The molecule has 0 bridgehead atoms. The van der Waals surface area contributed by atoms with Crippen LogP contribution >= 0.6 is 23.2 Å². The molecule has 1 aliphatic carbocycles. The molecular formula is C7H8Cl2O2. The van der Waals surface area contributed by atoms with E-state index in [1.807, 2.05) is 18.2 Å². The minimum absolute atomic E-state index is 0.231. The molecule has 1 atom stereocenters. The molecule has 4 heteroatoms. The lowest BCUT2D eigenvalue weighted by molar-refractivity contribution is 0.225. The molecule has 0 saturated carbocycles. The molecule has 0 fully saturated rings. The second-order valence-electron chi connectivity index (χ2n) is 1.84. The first-order valence-corrected chi connectivity index (χ1v) is 3.75. The van der Waals surface area contributed by atoms with Gasteiger partial charge < -0.3 is 5.11 Å². The quantitative estimate of drug-likeness (QED) is 0.602. The van der Waals surface area contributed by atoms with Crippen molar-refractivity contribution in [2.24, 2.45) is 0 Å². The van der Waals surface area contributed by atoms with Crippen LogP contribution in [0.5, 0.6) is 0 Å². The fraction of sp³-hybridized carbons (Fsp3) is 0.286. The van der Waals surface area contributed by atoms with Crippen LogP contribution in [0.4, 0.5) is 4.79 Å². The Labute approximate surface area is 75.1 Å². The Bertz CT molecular complexity index is 171. The largest absolute Gasteiger partial charge is 0.389 e. The van der Waals surface area contributed by atoms with Crippen molar-refractivity contribution in [1.82, 2.24) is 0 Å². The summed E-state index contributed by atoms with van der Waals surface area (Å²) in [5.74, 6) is 0. The van der Waals surface area contributed by atoms with Crippen LogP contribution in [0.1, 0.15) is 6.42 Å². The molecule has 1 unspecified atom stereocenters. The normalized spacial score (nSPS) is 20.5. The molecule has 62 valence electrons. The molecule has 0 aliphatic heterocycles. The van der Waals surface area contributed by atoms with Gasteiger partial charge in [0.15, 0.2) is 0 Å². The average molecular weight is 195 g/mol. The van der Waals surface area contributed by atoms with Gasteiger partial charge in [0.2, 0.25) is 0 Å². The van der Waals surface area contributed by atoms with Gasteiger partial charge in [-0.1, -0.05) is 24.3 Å². The first-order chi connectivity index (χ1) is 5.13. The van der Waals surface area contributed by atoms with Gasteiger partial charge in [0, 0.05) is 0 Å². The van der Waals surface area contributed by atoms with Crippen LogP contribution in [0.25, 0.3) is 0 Å². The smallest absolute Gasteiger partial charge is 0.313 e. The maximum atomic E-state index is 8.98. The first kappa shape index (κ1) is 10.7. The molecule has 2 nitrogen and oxygen atoms in total. The zero-order chi connectivity index (χ0) is 8.69. The van der Waals surface area contributed by atoms with Crippen LogP contribution in [-0.4, -0.2) is 15.9 Å². The Kier molecular flexibility index (Phi) is 6.22. The Balaban J connectivity index is 0.000000218. The molecular weight excluding hydrogens is 187 g/mol. The van der Waals surface area contributed by atoms with E-state index in [-0.39, 0.29) is 6.10 Å². The van der Waals surface area contributed by atoms with Crippen molar-refractivity contribution >= 4 is 27.9 Å². The number of hydrogen-bond acceptors (Lipinski definition) is 2. The minimum Gasteiger partial charge on any atom is -0.389 e. The summed E-state index contributed by atoms with van der Waals surface area (Å²) in [5, 5.41) is 8.77. The second kappa shape index (κ2) is 6.40. The molecule has 1 N–H and O–H groups in total. The van der Waals surface area contributed by atoms with Crippen molar-refractivity contribution in [3.8, 4) is 0 Å². The third-order valence-corrected chi connectivity index (χ3v) is 0.958. The second-order valence-corrected chi connectivity index (χ2v) is 2.72. The molecule has 0 aromatic rings. The fourth-order valence-corrected chi connectivity index (χ4v) is 0.568. The first-order valence-electron chi connectivity index (χ1n) is 2.99. The van der Waals surface area contributed by atoms with Gasteiger partial charge in [-0.25, -0.2) is 0 Å². The predicted molar refractivity (Wildman–Crippen MR) is 46.0 cm³/mol. The fourth-order valence-electron chi connectivity index (χ4n) is 0.568. The Morgan fingerprint density at radius 3 is 2.18 bits per heavy atom. The summed E-state index contributed by atoms with van der Waals surface area (Å²) in [6, 6.07) is 0. The van der Waals surface area contributed by atoms with Crippen LogP contribution < -0.4 is 0 Å². The van der Waals surface area contributed by atoms with Crippen molar-refractivity contribution in [2.45, 2.75) is 12.5 Å². The maximum absolute atomic E-state index is 8.98. The van der Waals surface area contributed by atoms with Gasteiger partial charge >= 0.3 is 4.70 Å². The third kappa shape index (κ3) is 9.69. The summed E-state index contributed by atoms with van der Waals surface area (Å²) in [4.78, 5) is 8.98. The molecule has 0 aromatic heterocycles. The van der Waals surface area contributed by atoms with Crippen molar-refractivity contribution < 1.29 is 9.90 Å². The van der Waals surface area contributed by atoms with Crippen LogP contribution in [0, 0.1) is 0 Å². The number of rotatable bonds is 0. The molecule has 0 saturated heterocycles. The summed E-state index contributed by atoms with van der Waals surface area (Å²) in [5.41, 5.74) is 0. The van der Waals surface area contributed by atoms with Crippen molar-refractivity contribution in [3.05, 3.63) is 24.3 Å². The highest BCUT2D eigenvalue weighted by atomic mass is 35.5. The Hall–Kier alpha value is -0.310. The standard InChI is InChI=1S/C6H8O.CCl2O/c7-6-4-2-1-3-5-6;2-1(3)4/h1-4,6-7H,5H2;. The number of aliphatic hydroxyl groups excluding tert-OH is 1. The van der Waals surface area contributed by atoms with Gasteiger partial charge in [0.25, 0.3) is 0 Å². The van der Waals surface area contributed by atoms with E-state index in [4.69, 9.17) is 9.90 Å². The lowest BCUT2D eigenvalue weighted by Gasteiger charge is -2.01. The van der Waals surface area contributed by atoms with Crippen molar-refractivity contribution in [3.63, 3.8) is 0 Å². The van der Waals surface area contributed by atoms with Gasteiger partial charge in [-0.15, -0.1) is 0 Å². The number of aliphatic hydroxyl groups is 1. The number of allylic oxidation sites excluding steroid dienone is 2. The maximum Gasteiger partial charge on any atom is 0.313 e. The van der Waals surface area contributed by atoms with Gasteiger partial charge in [-0.2, -0.15) is 0 Å². The number of carbonyl (C=O) groups is 1. The summed E-state index contributed by atoms with van der Waals surface area (Å²) >= 11 is 8.80. The lowest BCUT2D eigenvalue weighted by Crippen LogP contribution is -2.00. The highest BCUT2D eigenvalue weighted by Crippen LogP contribution is 2.00. The summed E-state index contributed by atoms with van der Waals surface area (Å²) in [7, 11) is 0. The SMILES string of the molecule is O=C(Cl)Cl.OC1C=CC=CC1. The third-order valence-electron chi connectivity index (χ3n) is 0.958. The zero-order valence-electron chi connectivity index (χ0n) is 5.71. The minimum atomic E-state index is -0.889. The van der Waals surface area contributed by atoms with Crippen molar-refractivity contribution in [2.75, 3.05) is 0 Å². The van der Waals surface area contributed by atoms with Crippen LogP contribution in [-0.2, 0) is 0 Å². The van der Waals surface area contributed by atoms with E-state index in [9.17, 15) is 0 Å². The summed E-state index contributed by atoms with van der Waals surface area (Å²) in [6.07, 6.45) is 8.06.